The first-order chi connectivity index (χ1) is 14.6. The van der Waals surface area contributed by atoms with E-state index in [-0.39, 0.29) is 10.6 Å². The Bertz CT molecular complexity index is 819. The van der Waals surface area contributed by atoms with Gasteiger partial charge in [0.2, 0.25) is 0 Å². The second-order valence-electron chi connectivity index (χ2n) is 8.72. The number of hydrogen-bond donors (Lipinski definition) is 2. The molecule has 0 aromatic heterocycles. The first-order valence-corrected chi connectivity index (χ1v) is 12.4. The third-order valence-corrected chi connectivity index (χ3v) is 10.6. The maximum Gasteiger partial charge on any atom is 0.331 e. The smallest absolute Gasteiger partial charge is 0.331 e. The molecule has 0 fully saturated rings. The zero-order valence-corrected chi connectivity index (χ0v) is 20.0. The van der Waals surface area contributed by atoms with Crippen LogP contribution in [0.25, 0.3) is 0 Å². The fourth-order valence-corrected chi connectivity index (χ4v) is 8.49. The highest BCUT2D eigenvalue weighted by molar-refractivity contribution is 6.99. The Morgan fingerprint density at radius 1 is 1.03 bits per heavy atom. The minimum atomic E-state index is -2.67. The Kier molecular flexibility index (Phi) is 8.76. The van der Waals surface area contributed by atoms with Crippen molar-refractivity contribution in [2.75, 3.05) is 13.7 Å². The number of carboxylic acid groups (broad SMARTS) is 1. The lowest BCUT2D eigenvalue weighted by molar-refractivity contribution is -0.132. The zero-order valence-electron chi connectivity index (χ0n) is 19.0. The van der Waals surface area contributed by atoms with Gasteiger partial charge in [0, 0.05) is 19.3 Å². The number of carbonyl (C=O) groups is 1. The second kappa shape index (κ2) is 10.9. The van der Waals surface area contributed by atoms with Gasteiger partial charge in [0.05, 0.1) is 6.10 Å². The first-order valence-electron chi connectivity index (χ1n) is 10.5. The van der Waals surface area contributed by atoms with Gasteiger partial charge in [-0.05, 0) is 34.8 Å². The summed E-state index contributed by atoms with van der Waals surface area (Å²) in [5.74, 6) is -1.03. The molecule has 2 N–H and O–H groups in total. The highest BCUT2D eigenvalue weighted by atomic mass is 28.4. The summed E-state index contributed by atoms with van der Waals surface area (Å²) >= 11 is 0. The molecular weight excluding hydrogens is 408 g/mol. The van der Waals surface area contributed by atoms with Crippen molar-refractivity contribution in [3.63, 3.8) is 0 Å². The zero-order chi connectivity index (χ0) is 23.1. The molecule has 0 heterocycles. The van der Waals surface area contributed by atoms with Crippen LogP contribution in [-0.2, 0) is 14.0 Å². The molecule has 0 spiro atoms. The summed E-state index contributed by atoms with van der Waals surface area (Å²) in [7, 11) is -1.21. The van der Waals surface area contributed by atoms with Crippen LogP contribution in [0.15, 0.2) is 72.3 Å². The van der Waals surface area contributed by atoms with Gasteiger partial charge in [0.25, 0.3) is 8.32 Å². The topological polar surface area (TPSA) is 76.0 Å². The summed E-state index contributed by atoms with van der Waals surface area (Å²) in [6.07, 6.45) is 0.179. The predicted octanol–water partition coefficient (Wildman–Crippen LogP) is 3.36. The number of aliphatic hydroxyl groups excluding tert-OH is 1. The predicted molar refractivity (Wildman–Crippen MR) is 126 cm³/mol. The van der Waals surface area contributed by atoms with E-state index in [9.17, 15) is 9.90 Å². The number of hydrogen-bond acceptors (Lipinski definition) is 4. The molecule has 0 saturated carbocycles. The van der Waals surface area contributed by atoms with Crippen molar-refractivity contribution in [2.45, 2.75) is 51.4 Å². The number of benzene rings is 2. The van der Waals surface area contributed by atoms with Crippen LogP contribution in [0.4, 0.5) is 0 Å². The molecule has 31 heavy (non-hydrogen) atoms. The van der Waals surface area contributed by atoms with E-state index in [4.69, 9.17) is 14.3 Å². The highest BCUT2D eigenvalue weighted by Gasteiger charge is 2.50. The lowest BCUT2D eigenvalue weighted by Gasteiger charge is -2.43. The van der Waals surface area contributed by atoms with Gasteiger partial charge in [-0.2, -0.15) is 0 Å². The number of rotatable bonds is 10. The molecule has 2 aromatic carbocycles. The van der Waals surface area contributed by atoms with Crippen LogP contribution in [0.2, 0.25) is 5.04 Å². The normalized spacial score (nSPS) is 14.8. The standard InChI is InChI=1S/C25H34O5Si/c1-19(24(27)28)18-23(29-5)22(26)16-17-30-31(25(2,3)4,20-12-8-6-9-13-20)21-14-10-7-11-15-21/h6-15,18,22-23,26H,16-17H2,1-5H3,(H,27,28)/b19-18+/t22-,23+/m1/s1. The Morgan fingerprint density at radius 2 is 1.52 bits per heavy atom. The molecule has 6 heteroatoms. The molecule has 0 unspecified atom stereocenters. The SMILES string of the molecule is CO[C@@H](/C=C(\C)C(=O)O)[C@H](O)CCO[Si](c1ccccc1)(c1ccccc1)C(C)(C)C. The molecule has 2 atom stereocenters. The van der Waals surface area contributed by atoms with Crippen molar-refractivity contribution < 1.29 is 24.2 Å². The molecule has 2 aromatic rings. The van der Waals surface area contributed by atoms with Crippen LogP contribution in [0.1, 0.15) is 34.1 Å². The Balaban J connectivity index is 2.33. The van der Waals surface area contributed by atoms with E-state index in [0.717, 1.165) is 0 Å². The lowest BCUT2D eigenvalue weighted by Crippen LogP contribution is -2.66. The van der Waals surface area contributed by atoms with Crippen LogP contribution >= 0.6 is 0 Å². The van der Waals surface area contributed by atoms with Gasteiger partial charge in [-0.15, -0.1) is 0 Å². The molecule has 0 aliphatic carbocycles. The van der Waals surface area contributed by atoms with Crippen molar-refractivity contribution in [3.8, 4) is 0 Å². The maximum atomic E-state index is 11.1. The summed E-state index contributed by atoms with van der Waals surface area (Å²) in [5.41, 5.74) is 0.138. The van der Waals surface area contributed by atoms with Crippen molar-refractivity contribution >= 4 is 24.7 Å². The van der Waals surface area contributed by atoms with E-state index < -0.39 is 26.5 Å². The van der Waals surface area contributed by atoms with E-state index >= 15 is 0 Å². The summed E-state index contributed by atoms with van der Waals surface area (Å²) in [5, 5.41) is 22.0. The van der Waals surface area contributed by atoms with Crippen molar-refractivity contribution in [1.29, 1.82) is 0 Å². The largest absolute Gasteiger partial charge is 0.478 e. The molecule has 5 nitrogen and oxygen atoms in total. The van der Waals surface area contributed by atoms with Crippen molar-refractivity contribution in [1.82, 2.24) is 0 Å². The van der Waals surface area contributed by atoms with E-state index in [1.165, 1.54) is 30.5 Å². The van der Waals surface area contributed by atoms with Crippen LogP contribution in [0, 0.1) is 0 Å². The summed E-state index contributed by atoms with van der Waals surface area (Å²) in [6.45, 7) is 8.42. The lowest BCUT2D eigenvalue weighted by atomic mass is 10.1. The third-order valence-electron chi connectivity index (χ3n) is 5.55. The molecule has 2 rings (SSSR count). The maximum absolute atomic E-state index is 11.1. The summed E-state index contributed by atoms with van der Waals surface area (Å²) in [4.78, 5) is 11.1. The molecule has 0 saturated heterocycles. The molecule has 0 aliphatic heterocycles. The molecule has 0 bridgehead atoms. The fraction of sp³-hybridized carbons (Fsp3) is 0.400. The van der Waals surface area contributed by atoms with Crippen LogP contribution < -0.4 is 10.4 Å². The molecule has 168 valence electrons. The van der Waals surface area contributed by atoms with E-state index in [2.05, 4.69) is 45.0 Å². The van der Waals surface area contributed by atoms with Gasteiger partial charge >= 0.3 is 5.97 Å². The van der Waals surface area contributed by atoms with Gasteiger partial charge in [-0.1, -0.05) is 81.4 Å². The Labute approximate surface area is 186 Å². The van der Waals surface area contributed by atoms with Gasteiger partial charge < -0.3 is 19.4 Å². The monoisotopic (exact) mass is 442 g/mol. The van der Waals surface area contributed by atoms with E-state index in [0.29, 0.717) is 13.0 Å². The molecule has 0 radical (unpaired) electrons. The van der Waals surface area contributed by atoms with Crippen LogP contribution in [0.3, 0.4) is 0 Å². The first kappa shape index (κ1) is 25.0. The van der Waals surface area contributed by atoms with Gasteiger partial charge in [0.15, 0.2) is 0 Å². The number of methoxy groups -OCH3 is 1. The average Bonchev–Trinajstić information content (AvgIpc) is 2.75. The number of aliphatic carboxylic acids is 1. The summed E-state index contributed by atoms with van der Waals surface area (Å²) < 4.78 is 12.1. The van der Waals surface area contributed by atoms with Gasteiger partial charge in [-0.25, -0.2) is 4.79 Å². The van der Waals surface area contributed by atoms with E-state index in [1.807, 2.05) is 36.4 Å². The highest BCUT2D eigenvalue weighted by Crippen LogP contribution is 2.36. The number of carboxylic acids is 1. The minimum absolute atomic E-state index is 0.138. The molecule has 0 amide bonds. The quantitative estimate of drug-likeness (QED) is 0.436. The Morgan fingerprint density at radius 3 is 1.90 bits per heavy atom. The third kappa shape index (κ3) is 5.92. The minimum Gasteiger partial charge on any atom is -0.478 e. The molecular formula is C25H34O5Si. The Hall–Kier alpha value is -2.25. The van der Waals surface area contributed by atoms with Crippen LogP contribution in [-0.4, -0.2) is 50.4 Å². The average molecular weight is 443 g/mol. The second-order valence-corrected chi connectivity index (χ2v) is 13.0. The van der Waals surface area contributed by atoms with Gasteiger partial charge in [0.1, 0.15) is 6.10 Å². The van der Waals surface area contributed by atoms with Crippen LogP contribution in [0.5, 0.6) is 0 Å². The fourth-order valence-electron chi connectivity index (χ4n) is 3.91. The number of ether oxygens (including phenoxy) is 1. The van der Waals surface area contributed by atoms with E-state index in [1.54, 1.807) is 0 Å². The number of aliphatic hydroxyl groups is 1. The summed E-state index contributed by atoms with van der Waals surface area (Å²) in [6, 6.07) is 20.6. The van der Waals surface area contributed by atoms with Gasteiger partial charge in [-0.3, -0.25) is 0 Å². The van der Waals surface area contributed by atoms with Crippen molar-refractivity contribution in [3.05, 3.63) is 72.3 Å². The van der Waals surface area contributed by atoms with Crippen molar-refractivity contribution in [2.24, 2.45) is 0 Å². The molecule has 0 aliphatic rings.